The molecule has 0 atom stereocenters. The third kappa shape index (κ3) is 2.19. The molecular formula is C18H20N2O. The van der Waals surface area contributed by atoms with E-state index >= 15 is 0 Å². The van der Waals surface area contributed by atoms with Crippen molar-refractivity contribution in [3.63, 3.8) is 0 Å². The second-order valence-electron chi connectivity index (χ2n) is 5.84. The van der Waals surface area contributed by atoms with Crippen molar-refractivity contribution in [2.75, 3.05) is 0 Å². The van der Waals surface area contributed by atoms with Gasteiger partial charge in [-0.1, -0.05) is 18.2 Å². The molecule has 0 aliphatic heterocycles. The first-order valence-corrected chi connectivity index (χ1v) is 7.26. The van der Waals surface area contributed by atoms with Crippen molar-refractivity contribution in [2.45, 2.75) is 33.7 Å². The summed E-state index contributed by atoms with van der Waals surface area (Å²) < 4.78 is 2.23. The molecule has 1 aromatic heterocycles. The predicted molar refractivity (Wildman–Crippen MR) is 86.7 cm³/mol. The number of fused-ring (bicyclic) bond motifs is 1. The normalized spacial score (nSPS) is 11.5. The molecule has 3 aromatic rings. The van der Waals surface area contributed by atoms with E-state index in [1.54, 1.807) is 6.07 Å². The minimum atomic E-state index is 0.300. The zero-order valence-corrected chi connectivity index (χ0v) is 12.9. The Morgan fingerprint density at radius 2 is 1.86 bits per heavy atom. The highest BCUT2D eigenvalue weighted by Gasteiger charge is 2.17. The van der Waals surface area contributed by atoms with Crippen LogP contribution in [0.4, 0.5) is 0 Å². The fourth-order valence-electron chi connectivity index (χ4n) is 2.79. The van der Waals surface area contributed by atoms with E-state index in [-0.39, 0.29) is 0 Å². The topological polar surface area (TPSA) is 38.1 Å². The number of hydrogen-bond acceptors (Lipinski definition) is 2. The Bertz CT molecular complexity index is 815. The van der Waals surface area contributed by atoms with Crippen LogP contribution in [0, 0.1) is 13.8 Å². The van der Waals surface area contributed by atoms with Crippen molar-refractivity contribution in [1.82, 2.24) is 9.55 Å². The van der Waals surface area contributed by atoms with Crippen LogP contribution in [0.2, 0.25) is 0 Å². The lowest BCUT2D eigenvalue weighted by Gasteiger charge is -2.15. The van der Waals surface area contributed by atoms with E-state index in [1.165, 1.54) is 5.56 Å². The van der Waals surface area contributed by atoms with Crippen LogP contribution in [0.1, 0.15) is 31.0 Å². The quantitative estimate of drug-likeness (QED) is 0.744. The maximum Gasteiger partial charge on any atom is 0.141 e. The molecule has 0 unspecified atom stereocenters. The van der Waals surface area contributed by atoms with Gasteiger partial charge in [-0.05, 0) is 51.5 Å². The van der Waals surface area contributed by atoms with Gasteiger partial charge in [0.2, 0.25) is 0 Å². The second kappa shape index (κ2) is 4.92. The number of phenolic OH excluding ortho intramolecular Hbond substituents is 1. The Morgan fingerprint density at radius 3 is 2.57 bits per heavy atom. The van der Waals surface area contributed by atoms with Crippen LogP contribution in [-0.2, 0) is 0 Å². The maximum atomic E-state index is 9.97. The van der Waals surface area contributed by atoms with Crippen LogP contribution in [0.15, 0.2) is 36.4 Å². The molecule has 0 bridgehead atoms. The number of benzene rings is 2. The van der Waals surface area contributed by atoms with Gasteiger partial charge in [0.15, 0.2) is 0 Å². The SMILES string of the molecule is Cc1ccc2c(c1)nc(-c1cccc(O)c1C)n2C(C)C. The molecule has 0 aliphatic rings. The minimum absolute atomic E-state index is 0.300. The summed E-state index contributed by atoms with van der Waals surface area (Å²) in [4.78, 5) is 4.82. The lowest BCUT2D eigenvalue weighted by molar-refractivity contribution is 0.471. The molecule has 108 valence electrons. The van der Waals surface area contributed by atoms with E-state index in [4.69, 9.17) is 4.98 Å². The van der Waals surface area contributed by atoms with Gasteiger partial charge in [0.25, 0.3) is 0 Å². The summed E-state index contributed by atoms with van der Waals surface area (Å²) in [5.74, 6) is 1.23. The standard InChI is InChI=1S/C18H20N2O/c1-11(2)20-16-9-8-12(3)10-15(16)19-18(20)14-6-5-7-17(21)13(14)4/h5-11,21H,1-4H3. The molecule has 2 aromatic carbocycles. The lowest BCUT2D eigenvalue weighted by atomic mass is 10.1. The molecule has 0 saturated carbocycles. The average Bonchev–Trinajstić information content (AvgIpc) is 2.80. The third-order valence-corrected chi connectivity index (χ3v) is 3.91. The number of imidazole rings is 1. The predicted octanol–water partition coefficient (Wildman–Crippen LogP) is 4.61. The monoisotopic (exact) mass is 280 g/mol. The summed E-state index contributed by atoms with van der Waals surface area (Å²) in [6, 6.07) is 12.2. The molecular weight excluding hydrogens is 260 g/mol. The smallest absolute Gasteiger partial charge is 0.141 e. The number of aryl methyl sites for hydroxylation is 1. The first kappa shape index (κ1) is 13.7. The van der Waals surface area contributed by atoms with Gasteiger partial charge in [0.1, 0.15) is 11.6 Å². The van der Waals surface area contributed by atoms with Crippen LogP contribution in [0.3, 0.4) is 0 Å². The van der Waals surface area contributed by atoms with Crippen molar-refractivity contribution >= 4 is 11.0 Å². The number of nitrogens with zero attached hydrogens (tertiary/aromatic N) is 2. The zero-order valence-electron chi connectivity index (χ0n) is 12.9. The van der Waals surface area contributed by atoms with E-state index in [2.05, 4.69) is 43.5 Å². The molecule has 1 N–H and O–H groups in total. The molecule has 0 saturated heterocycles. The molecule has 3 rings (SSSR count). The molecule has 21 heavy (non-hydrogen) atoms. The van der Waals surface area contributed by atoms with Crippen molar-refractivity contribution in [3.8, 4) is 17.1 Å². The van der Waals surface area contributed by atoms with Crippen molar-refractivity contribution < 1.29 is 5.11 Å². The van der Waals surface area contributed by atoms with Crippen LogP contribution >= 0.6 is 0 Å². The first-order valence-electron chi connectivity index (χ1n) is 7.26. The highest BCUT2D eigenvalue weighted by Crippen LogP contribution is 2.33. The molecule has 0 amide bonds. The van der Waals surface area contributed by atoms with Crippen molar-refractivity contribution in [1.29, 1.82) is 0 Å². The highest BCUT2D eigenvalue weighted by molar-refractivity contribution is 5.82. The van der Waals surface area contributed by atoms with Gasteiger partial charge in [-0.3, -0.25) is 0 Å². The Morgan fingerprint density at radius 1 is 1.10 bits per heavy atom. The summed E-state index contributed by atoms with van der Waals surface area (Å²) in [6.45, 7) is 8.32. The fourth-order valence-corrected chi connectivity index (χ4v) is 2.79. The average molecular weight is 280 g/mol. The summed E-state index contributed by atoms with van der Waals surface area (Å²) in [5, 5.41) is 9.97. The Hall–Kier alpha value is -2.29. The van der Waals surface area contributed by atoms with Gasteiger partial charge in [-0.15, -0.1) is 0 Å². The van der Waals surface area contributed by atoms with Gasteiger partial charge in [-0.2, -0.15) is 0 Å². The molecule has 3 nitrogen and oxygen atoms in total. The van der Waals surface area contributed by atoms with Crippen LogP contribution < -0.4 is 0 Å². The third-order valence-electron chi connectivity index (χ3n) is 3.91. The molecule has 0 radical (unpaired) electrons. The van der Waals surface area contributed by atoms with Crippen molar-refractivity contribution in [3.05, 3.63) is 47.5 Å². The van der Waals surface area contributed by atoms with Crippen LogP contribution in [0.5, 0.6) is 5.75 Å². The van der Waals surface area contributed by atoms with Gasteiger partial charge in [-0.25, -0.2) is 4.98 Å². The maximum absolute atomic E-state index is 9.97. The number of phenols is 1. The fraction of sp³-hybridized carbons (Fsp3) is 0.278. The van der Waals surface area contributed by atoms with E-state index < -0.39 is 0 Å². The number of aromatic hydroxyl groups is 1. The summed E-state index contributed by atoms with van der Waals surface area (Å²) in [7, 11) is 0. The molecule has 0 fully saturated rings. The van der Waals surface area contributed by atoms with Gasteiger partial charge in [0, 0.05) is 17.2 Å². The molecule has 0 spiro atoms. The van der Waals surface area contributed by atoms with E-state index in [0.29, 0.717) is 11.8 Å². The largest absolute Gasteiger partial charge is 0.508 e. The van der Waals surface area contributed by atoms with Gasteiger partial charge < -0.3 is 9.67 Å². The molecule has 0 aliphatic carbocycles. The van der Waals surface area contributed by atoms with Crippen molar-refractivity contribution in [2.24, 2.45) is 0 Å². The molecule has 3 heteroatoms. The minimum Gasteiger partial charge on any atom is -0.508 e. The van der Waals surface area contributed by atoms with E-state index in [0.717, 1.165) is 28.0 Å². The Labute approximate surface area is 124 Å². The van der Waals surface area contributed by atoms with Gasteiger partial charge >= 0.3 is 0 Å². The Balaban J connectivity index is 2.36. The van der Waals surface area contributed by atoms with Crippen LogP contribution in [0.25, 0.3) is 22.4 Å². The van der Waals surface area contributed by atoms with Crippen LogP contribution in [-0.4, -0.2) is 14.7 Å². The number of aromatic nitrogens is 2. The highest BCUT2D eigenvalue weighted by atomic mass is 16.3. The Kier molecular flexibility index (Phi) is 3.20. The second-order valence-corrected chi connectivity index (χ2v) is 5.84. The first-order chi connectivity index (χ1) is 9.99. The van der Waals surface area contributed by atoms with E-state index in [9.17, 15) is 5.11 Å². The zero-order chi connectivity index (χ0) is 15.1. The summed E-state index contributed by atoms with van der Waals surface area (Å²) in [5.41, 5.74) is 5.19. The molecule has 1 heterocycles. The lowest BCUT2D eigenvalue weighted by Crippen LogP contribution is -2.03. The van der Waals surface area contributed by atoms with E-state index in [1.807, 2.05) is 19.1 Å². The number of rotatable bonds is 2. The summed E-state index contributed by atoms with van der Waals surface area (Å²) in [6.07, 6.45) is 0. The number of hydrogen-bond donors (Lipinski definition) is 1. The van der Waals surface area contributed by atoms with Gasteiger partial charge in [0.05, 0.1) is 11.0 Å². The summed E-state index contributed by atoms with van der Waals surface area (Å²) >= 11 is 0.